The van der Waals surface area contributed by atoms with E-state index in [0.717, 1.165) is 25.7 Å². The van der Waals surface area contributed by atoms with Gasteiger partial charge < -0.3 is 15.5 Å². The topological polar surface area (TPSA) is 92.4 Å². The molecule has 0 aliphatic carbocycles. The van der Waals surface area contributed by atoms with E-state index in [2.05, 4.69) is 9.97 Å². The Kier molecular flexibility index (Phi) is 5.64. The van der Waals surface area contributed by atoms with Crippen LogP contribution in [0.25, 0.3) is 10.9 Å². The second-order valence-electron chi connectivity index (χ2n) is 6.95. The summed E-state index contributed by atoms with van der Waals surface area (Å²) in [6, 6.07) is 9.50. The second kappa shape index (κ2) is 8.34. The molecule has 0 unspecified atom stereocenters. The number of nitrogen functional groups attached to an aromatic ring is 1. The highest BCUT2D eigenvalue weighted by molar-refractivity contribution is 7.16. The van der Waals surface area contributed by atoms with Gasteiger partial charge in [-0.05, 0) is 36.2 Å². The minimum Gasteiger partial charge on any atom is -0.383 e. The number of carbonyl (C=O) groups is 2. The van der Waals surface area contributed by atoms with Gasteiger partial charge in [-0.1, -0.05) is 17.7 Å². The molecule has 0 spiro atoms. The molecule has 1 aromatic carbocycles. The standard InChI is InChI=1S/C20H20ClN5O2S/c21-17-5-2-14(29-17)3-6-18(27)26-8-7-25(19(28)11-26)10-13-1-4-15-16(9-13)23-12-24-20(15)22/h1-2,4-5,9,12H,3,6-8,10-11H2,(H2,22,23,24). The fourth-order valence-corrected chi connectivity index (χ4v) is 4.49. The molecule has 0 saturated carbocycles. The first-order valence-electron chi connectivity index (χ1n) is 9.28. The molecule has 3 heterocycles. The van der Waals surface area contributed by atoms with E-state index in [4.69, 9.17) is 17.3 Å². The van der Waals surface area contributed by atoms with Gasteiger partial charge in [-0.3, -0.25) is 9.59 Å². The number of nitrogens with zero attached hydrogens (tertiary/aromatic N) is 4. The van der Waals surface area contributed by atoms with Gasteiger partial charge in [0.1, 0.15) is 12.1 Å². The summed E-state index contributed by atoms with van der Waals surface area (Å²) in [4.78, 5) is 37.8. The van der Waals surface area contributed by atoms with E-state index < -0.39 is 0 Å². The Morgan fingerprint density at radius 2 is 2.07 bits per heavy atom. The van der Waals surface area contributed by atoms with E-state index in [1.54, 1.807) is 9.80 Å². The van der Waals surface area contributed by atoms with Crippen LogP contribution in [-0.4, -0.2) is 51.2 Å². The van der Waals surface area contributed by atoms with Crippen LogP contribution in [0.5, 0.6) is 0 Å². The molecule has 1 saturated heterocycles. The molecule has 2 aromatic heterocycles. The molecule has 0 bridgehead atoms. The molecule has 1 aliphatic heterocycles. The zero-order valence-corrected chi connectivity index (χ0v) is 17.2. The van der Waals surface area contributed by atoms with Crippen molar-refractivity contribution in [1.29, 1.82) is 0 Å². The number of amides is 2. The molecule has 1 fully saturated rings. The third-order valence-corrected chi connectivity index (χ3v) is 6.28. The number of carbonyl (C=O) groups excluding carboxylic acids is 2. The Bertz CT molecular complexity index is 1070. The maximum Gasteiger partial charge on any atom is 0.242 e. The van der Waals surface area contributed by atoms with Gasteiger partial charge in [0.15, 0.2) is 0 Å². The van der Waals surface area contributed by atoms with Gasteiger partial charge in [0.2, 0.25) is 11.8 Å². The largest absolute Gasteiger partial charge is 0.383 e. The smallest absolute Gasteiger partial charge is 0.242 e. The van der Waals surface area contributed by atoms with E-state index in [0.29, 0.717) is 38.3 Å². The highest BCUT2D eigenvalue weighted by atomic mass is 35.5. The van der Waals surface area contributed by atoms with Gasteiger partial charge in [0.05, 0.1) is 16.4 Å². The Morgan fingerprint density at radius 1 is 1.21 bits per heavy atom. The van der Waals surface area contributed by atoms with E-state index >= 15 is 0 Å². The maximum atomic E-state index is 12.6. The summed E-state index contributed by atoms with van der Waals surface area (Å²) in [6.07, 6.45) is 2.46. The first-order valence-corrected chi connectivity index (χ1v) is 10.5. The van der Waals surface area contributed by atoms with E-state index in [1.165, 1.54) is 17.7 Å². The molecule has 0 radical (unpaired) electrons. The lowest BCUT2D eigenvalue weighted by molar-refractivity contribution is -0.145. The van der Waals surface area contributed by atoms with Gasteiger partial charge in [-0.15, -0.1) is 11.3 Å². The number of aryl methyl sites for hydroxylation is 1. The number of hydrogen-bond donors (Lipinski definition) is 1. The number of fused-ring (bicyclic) bond motifs is 1. The quantitative estimate of drug-likeness (QED) is 0.673. The summed E-state index contributed by atoms with van der Waals surface area (Å²) in [5.41, 5.74) is 7.59. The van der Waals surface area contributed by atoms with Crippen molar-refractivity contribution in [2.24, 2.45) is 0 Å². The van der Waals surface area contributed by atoms with Gasteiger partial charge in [0, 0.05) is 36.3 Å². The fourth-order valence-electron chi connectivity index (χ4n) is 3.41. The Morgan fingerprint density at radius 3 is 2.83 bits per heavy atom. The number of hydrogen-bond acceptors (Lipinski definition) is 6. The second-order valence-corrected chi connectivity index (χ2v) is 8.75. The van der Waals surface area contributed by atoms with Crippen molar-refractivity contribution >= 4 is 51.5 Å². The zero-order valence-electron chi connectivity index (χ0n) is 15.7. The lowest BCUT2D eigenvalue weighted by atomic mass is 10.1. The monoisotopic (exact) mass is 429 g/mol. The predicted molar refractivity (Wildman–Crippen MR) is 114 cm³/mol. The Hall–Kier alpha value is -2.71. The molecule has 150 valence electrons. The first-order chi connectivity index (χ1) is 14.0. The van der Waals surface area contributed by atoms with Crippen molar-refractivity contribution in [3.8, 4) is 0 Å². The van der Waals surface area contributed by atoms with Crippen molar-refractivity contribution < 1.29 is 9.59 Å². The van der Waals surface area contributed by atoms with Crippen LogP contribution in [0.3, 0.4) is 0 Å². The van der Waals surface area contributed by atoms with Crippen LogP contribution in [0.2, 0.25) is 4.34 Å². The highest BCUT2D eigenvalue weighted by Crippen LogP contribution is 2.23. The van der Waals surface area contributed by atoms with Crippen LogP contribution in [0.1, 0.15) is 16.9 Å². The highest BCUT2D eigenvalue weighted by Gasteiger charge is 2.27. The molecule has 29 heavy (non-hydrogen) atoms. The van der Waals surface area contributed by atoms with Crippen molar-refractivity contribution in [3.05, 3.63) is 51.4 Å². The lowest BCUT2D eigenvalue weighted by Crippen LogP contribution is -2.51. The summed E-state index contributed by atoms with van der Waals surface area (Å²) in [5.74, 6) is 0.390. The van der Waals surface area contributed by atoms with Gasteiger partial charge >= 0.3 is 0 Å². The van der Waals surface area contributed by atoms with E-state index in [1.807, 2.05) is 30.3 Å². The van der Waals surface area contributed by atoms with Crippen LogP contribution >= 0.6 is 22.9 Å². The van der Waals surface area contributed by atoms with Crippen molar-refractivity contribution in [2.75, 3.05) is 25.4 Å². The normalized spacial score (nSPS) is 14.6. The van der Waals surface area contributed by atoms with Crippen LogP contribution in [0.15, 0.2) is 36.7 Å². The molecule has 0 atom stereocenters. The minimum absolute atomic E-state index is 0.000373. The number of aromatic nitrogens is 2. The van der Waals surface area contributed by atoms with Crippen molar-refractivity contribution in [2.45, 2.75) is 19.4 Å². The van der Waals surface area contributed by atoms with E-state index in [-0.39, 0.29) is 18.4 Å². The molecular weight excluding hydrogens is 410 g/mol. The number of thiophene rings is 1. The van der Waals surface area contributed by atoms with Crippen LogP contribution in [-0.2, 0) is 22.6 Å². The zero-order chi connectivity index (χ0) is 20.4. The molecule has 2 amide bonds. The molecular formula is C20H20ClN5O2S. The van der Waals surface area contributed by atoms with Crippen LogP contribution in [0.4, 0.5) is 5.82 Å². The van der Waals surface area contributed by atoms with Gasteiger partial charge in [-0.25, -0.2) is 9.97 Å². The molecule has 7 nitrogen and oxygen atoms in total. The molecule has 9 heteroatoms. The number of nitrogens with two attached hydrogens (primary N) is 1. The molecule has 4 rings (SSSR count). The minimum atomic E-state index is -0.0499. The Balaban J connectivity index is 1.34. The van der Waals surface area contributed by atoms with Gasteiger partial charge in [0.25, 0.3) is 0 Å². The van der Waals surface area contributed by atoms with Gasteiger partial charge in [-0.2, -0.15) is 0 Å². The summed E-state index contributed by atoms with van der Waals surface area (Å²) in [6.45, 7) is 1.65. The summed E-state index contributed by atoms with van der Waals surface area (Å²) < 4.78 is 0.721. The molecule has 1 aliphatic rings. The van der Waals surface area contributed by atoms with Crippen molar-refractivity contribution in [3.63, 3.8) is 0 Å². The summed E-state index contributed by atoms with van der Waals surface area (Å²) in [5, 5.41) is 0.796. The number of rotatable bonds is 5. The summed E-state index contributed by atoms with van der Waals surface area (Å²) in [7, 11) is 0. The Labute approximate surface area is 177 Å². The average Bonchev–Trinajstić information content (AvgIpc) is 3.13. The number of anilines is 1. The third kappa shape index (κ3) is 4.49. The van der Waals surface area contributed by atoms with Crippen LogP contribution < -0.4 is 5.73 Å². The predicted octanol–water partition coefficient (Wildman–Crippen LogP) is 2.73. The van der Waals surface area contributed by atoms with Crippen LogP contribution in [0, 0.1) is 0 Å². The first kappa shape index (κ1) is 19.6. The SMILES string of the molecule is Nc1ncnc2cc(CN3CCN(C(=O)CCc4ccc(Cl)s4)CC3=O)ccc12. The summed E-state index contributed by atoms with van der Waals surface area (Å²) >= 11 is 7.41. The fraction of sp³-hybridized carbons (Fsp3) is 0.300. The maximum absolute atomic E-state index is 12.6. The lowest BCUT2D eigenvalue weighted by Gasteiger charge is -2.34. The number of benzene rings is 1. The van der Waals surface area contributed by atoms with E-state index in [9.17, 15) is 9.59 Å². The third-order valence-electron chi connectivity index (χ3n) is 4.99. The molecule has 2 N–H and O–H groups in total. The average molecular weight is 430 g/mol. The molecule has 3 aromatic rings. The number of piperazine rings is 1. The van der Waals surface area contributed by atoms with Crippen molar-refractivity contribution in [1.82, 2.24) is 19.8 Å². The number of halogens is 1.